The van der Waals surface area contributed by atoms with Gasteiger partial charge in [0.1, 0.15) is 7.05 Å². The Kier molecular flexibility index (Phi) is 3.58. The van der Waals surface area contributed by atoms with E-state index in [0.717, 1.165) is 6.54 Å². The highest BCUT2D eigenvalue weighted by atomic mass is 32.2. The van der Waals surface area contributed by atoms with Crippen LogP contribution in [-0.4, -0.2) is 6.54 Å². The highest BCUT2D eigenvalue weighted by Gasteiger charge is 2.24. The lowest BCUT2D eigenvalue weighted by Crippen LogP contribution is -2.33. The summed E-state index contributed by atoms with van der Waals surface area (Å²) in [6.07, 6.45) is 2.29. The molecule has 23 heavy (non-hydrogen) atoms. The van der Waals surface area contributed by atoms with Crippen molar-refractivity contribution in [3.05, 3.63) is 71.4 Å². The molecule has 0 spiro atoms. The Labute approximate surface area is 141 Å². The van der Waals surface area contributed by atoms with Crippen LogP contribution in [0.5, 0.6) is 0 Å². The van der Waals surface area contributed by atoms with Crippen molar-refractivity contribution in [2.45, 2.75) is 11.8 Å². The van der Waals surface area contributed by atoms with Gasteiger partial charge in [-0.25, -0.2) is 0 Å². The van der Waals surface area contributed by atoms with E-state index in [-0.39, 0.29) is 0 Å². The minimum Gasteiger partial charge on any atom is -0.335 e. The molecule has 0 N–H and O–H groups in total. The maximum atomic E-state index is 2.38. The Bertz CT molecular complexity index is 914. The van der Waals surface area contributed by atoms with Crippen LogP contribution in [0.15, 0.2) is 70.6 Å². The minimum absolute atomic E-state index is 0.979. The molecule has 0 aliphatic carbocycles. The molecule has 0 bridgehead atoms. The van der Waals surface area contributed by atoms with E-state index in [1.807, 2.05) is 11.8 Å². The Morgan fingerprint density at radius 3 is 2.65 bits per heavy atom. The molecule has 3 heteroatoms. The molecule has 1 aliphatic rings. The first-order valence-corrected chi connectivity index (χ1v) is 8.73. The number of anilines is 1. The third-order valence-electron chi connectivity index (χ3n) is 4.34. The highest BCUT2D eigenvalue weighted by Crippen LogP contribution is 2.46. The van der Waals surface area contributed by atoms with Gasteiger partial charge in [0, 0.05) is 35.0 Å². The predicted molar refractivity (Wildman–Crippen MR) is 98.4 cm³/mol. The second kappa shape index (κ2) is 5.74. The van der Waals surface area contributed by atoms with E-state index in [4.69, 9.17) is 0 Å². The van der Waals surface area contributed by atoms with Crippen LogP contribution in [0.3, 0.4) is 0 Å². The summed E-state index contributed by atoms with van der Waals surface area (Å²) in [6.45, 7) is 3.18. The lowest BCUT2D eigenvalue weighted by atomic mass is 10.2. The molecular weight excluding hydrogens is 300 g/mol. The zero-order chi connectivity index (χ0) is 15.8. The molecule has 2 nitrogen and oxygen atoms in total. The van der Waals surface area contributed by atoms with Crippen LogP contribution in [0, 0.1) is 0 Å². The van der Waals surface area contributed by atoms with Gasteiger partial charge in [0.2, 0.25) is 11.2 Å². The Hall–Kier alpha value is -2.26. The predicted octanol–water partition coefficient (Wildman–Crippen LogP) is 4.59. The first-order valence-electron chi connectivity index (χ1n) is 7.92. The molecule has 0 saturated carbocycles. The van der Waals surface area contributed by atoms with E-state index in [1.54, 1.807) is 0 Å². The van der Waals surface area contributed by atoms with Gasteiger partial charge in [-0.05, 0) is 31.2 Å². The fraction of sp³-hybridized carbons (Fsp3) is 0.150. The van der Waals surface area contributed by atoms with Crippen molar-refractivity contribution in [1.82, 2.24) is 0 Å². The van der Waals surface area contributed by atoms with Crippen LogP contribution in [0.25, 0.3) is 17.0 Å². The van der Waals surface area contributed by atoms with Gasteiger partial charge in [0.05, 0.1) is 10.7 Å². The molecule has 2 heterocycles. The number of benzene rings is 2. The molecule has 1 aromatic heterocycles. The lowest BCUT2D eigenvalue weighted by molar-refractivity contribution is -0.646. The maximum Gasteiger partial charge on any atom is 0.212 e. The summed E-state index contributed by atoms with van der Waals surface area (Å²) in [7, 11) is 2.14. The molecule has 0 saturated heterocycles. The van der Waals surface area contributed by atoms with Crippen LogP contribution in [-0.2, 0) is 7.05 Å². The summed E-state index contributed by atoms with van der Waals surface area (Å²) in [5, 5.41) is 2.56. The summed E-state index contributed by atoms with van der Waals surface area (Å²) < 4.78 is 2.26. The van der Waals surface area contributed by atoms with E-state index in [1.165, 1.54) is 32.2 Å². The van der Waals surface area contributed by atoms with E-state index in [2.05, 4.69) is 90.2 Å². The monoisotopic (exact) mass is 319 g/mol. The molecule has 0 amide bonds. The Morgan fingerprint density at radius 1 is 1.00 bits per heavy atom. The lowest BCUT2D eigenvalue weighted by Gasteiger charge is -2.17. The van der Waals surface area contributed by atoms with Gasteiger partial charge in [-0.3, -0.25) is 0 Å². The summed E-state index contributed by atoms with van der Waals surface area (Å²) in [4.78, 5) is 3.72. The first-order chi connectivity index (χ1) is 11.3. The van der Waals surface area contributed by atoms with Crippen molar-refractivity contribution in [1.29, 1.82) is 0 Å². The van der Waals surface area contributed by atoms with Crippen molar-refractivity contribution < 1.29 is 4.57 Å². The van der Waals surface area contributed by atoms with Crippen LogP contribution in [0.1, 0.15) is 12.6 Å². The highest BCUT2D eigenvalue weighted by molar-refractivity contribution is 8.03. The number of hydrogen-bond donors (Lipinski definition) is 0. The van der Waals surface area contributed by atoms with E-state index in [9.17, 15) is 0 Å². The molecular formula is C20H19N2S+. The van der Waals surface area contributed by atoms with Gasteiger partial charge in [-0.2, -0.15) is 4.57 Å². The van der Waals surface area contributed by atoms with Gasteiger partial charge in [0.25, 0.3) is 0 Å². The largest absolute Gasteiger partial charge is 0.335 e. The van der Waals surface area contributed by atoms with Crippen molar-refractivity contribution in [3.63, 3.8) is 0 Å². The second-order valence-corrected chi connectivity index (χ2v) is 6.73. The number of thioether (sulfide) groups is 1. The molecule has 0 unspecified atom stereocenters. The number of hydrogen-bond acceptors (Lipinski definition) is 2. The number of aryl methyl sites for hydroxylation is 1. The number of nitrogens with zero attached hydrogens (tertiary/aromatic N) is 2. The van der Waals surface area contributed by atoms with Gasteiger partial charge < -0.3 is 4.90 Å². The van der Waals surface area contributed by atoms with E-state index < -0.39 is 0 Å². The molecule has 3 aromatic rings. The van der Waals surface area contributed by atoms with Crippen molar-refractivity contribution in [3.8, 4) is 0 Å². The SMILES string of the molecule is CCN1C(=Cc2ccc3ccccc3[n+]2C)Sc2ccccc21. The maximum absolute atomic E-state index is 2.38. The van der Waals surface area contributed by atoms with E-state index >= 15 is 0 Å². The topological polar surface area (TPSA) is 7.12 Å². The summed E-state index contributed by atoms with van der Waals surface area (Å²) in [6, 6.07) is 21.5. The zero-order valence-electron chi connectivity index (χ0n) is 13.4. The minimum atomic E-state index is 0.979. The van der Waals surface area contributed by atoms with Gasteiger partial charge in [0.15, 0.2) is 0 Å². The Balaban J connectivity index is 1.81. The summed E-state index contributed by atoms with van der Waals surface area (Å²) in [5.74, 6) is 0. The van der Waals surface area contributed by atoms with Crippen molar-refractivity contribution >= 4 is 34.4 Å². The fourth-order valence-electron chi connectivity index (χ4n) is 3.12. The van der Waals surface area contributed by atoms with Crippen LogP contribution >= 0.6 is 11.8 Å². The number of aromatic nitrogens is 1. The van der Waals surface area contributed by atoms with E-state index in [0.29, 0.717) is 0 Å². The first kappa shape index (κ1) is 14.3. The molecule has 114 valence electrons. The number of fused-ring (bicyclic) bond motifs is 2. The number of para-hydroxylation sites is 2. The molecule has 4 rings (SSSR count). The zero-order valence-corrected chi connectivity index (χ0v) is 14.2. The van der Waals surface area contributed by atoms with Crippen molar-refractivity contribution in [2.75, 3.05) is 11.4 Å². The molecule has 2 aromatic carbocycles. The van der Waals surface area contributed by atoms with Crippen LogP contribution in [0.2, 0.25) is 0 Å². The van der Waals surface area contributed by atoms with Gasteiger partial charge in [-0.1, -0.05) is 36.0 Å². The third-order valence-corrected chi connectivity index (χ3v) is 5.46. The quantitative estimate of drug-likeness (QED) is 0.638. The number of rotatable bonds is 2. The van der Waals surface area contributed by atoms with Crippen LogP contribution in [0.4, 0.5) is 5.69 Å². The Morgan fingerprint density at radius 2 is 1.78 bits per heavy atom. The third kappa shape index (κ3) is 2.41. The standard InChI is InChI=1S/C20H19N2S/c1-3-22-18-10-6-7-11-19(18)23-20(22)14-16-13-12-15-8-4-5-9-17(15)21(16)2/h4-14H,3H2,1-2H3/q+1. The molecule has 1 aliphatic heterocycles. The molecule has 0 atom stereocenters. The van der Waals surface area contributed by atoms with Gasteiger partial charge >= 0.3 is 0 Å². The number of pyridine rings is 1. The van der Waals surface area contributed by atoms with Gasteiger partial charge in [-0.15, -0.1) is 0 Å². The summed E-state index contributed by atoms with van der Waals surface area (Å²) in [5.41, 5.74) is 3.79. The van der Waals surface area contributed by atoms with Crippen molar-refractivity contribution in [2.24, 2.45) is 7.05 Å². The smallest absolute Gasteiger partial charge is 0.212 e. The van der Waals surface area contributed by atoms with Crippen LogP contribution < -0.4 is 9.47 Å². The molecule has 0 fully saturated rings. The summed E-state index contributed by atoms with van der Waals surface area (Å²) >= 11 is 1.85. The normalized spacial score (nSPS) is 15.4. The average molecular weight is 319 g/mol. The molecule has 0 radical (unpaired) electrons. The average Bonchev–Trinajstić information content (AvgIpc) is 2.94. The second-order valence-electron chi connectivity index (χ2n) is 5.67. The fourth-order valence-corrected chi connectivity index (χ4v) is 4.29.